The van der Waals surface area contributed by atoms with E-state index in [1.807, 2.05) is 7.85 Å². The maximum atomic E-state index is 11.4. The molecule has 2 heterocycles. The van der Waals surface area contributed by atoms with Gasteiger partial charge < -0.3 is 27.9 Å². The summed E-state index contributed by atoms with van der Waals surface area (Å²) in [6, 6.07) is -0.434. The Morgan fingerprint density at radius 1 is 0.964 bits per heavy atom. The van der Waals surface area contributed by atoms with E-state index >= 15 is 0 Å². The van der Waals surface area contributed by atoms with Gasteiger partial charge in [0.05, 0.1) is 12.6 Å². The molecule has 0 amide bonds. The largest absolute Gasteiger partial charge is 0.414 e. The minimum atomic E-state index is -2.80. The maximum Gasteiger partial charge on any atom is 0.335 e. The first-order valence-corrected chi connectivity index (χ1v) is 14.8. The van der Waals surface area contributed by atoms with Crippen molar-refractivity contribution in [3.05, 3.63) is 0 Å². The molecule has 0 spiro atoms. The van der Waals surface area contributed by atoms with Crippen LogP contribution in [0.1, 0.15) is 61.8 Å². The van der Waals surface area contributed by atoms with Crippen molar-refractivity contribution in [2.24, 2.45) is 0 Å². The van der Waals surface area contributed by atoms with Crippen molar-refractivity contribution in [2.45, 2.75) is 108 Å². The first kappa shape index (κ1) is 24.5. The number of ether oxygens (including phenoxy) is 1. The minimum absolute atomic E-state index is 0.118. The van der Waals surface area contributed by atoms with Crippen molar-refractivity contribution in [1.29, 1.82) is 0 Å². The van der Waals surface area contributed by atoms with E-state index in [0.29, 0.717) is 6.61 Å². The van der Waals surface area contributed by atoms with Gasteiger partial charge in [0.15, 0.2) is 0 Å². The Kier molecular flexibility index (Phi) is 7.69. The molecule has 0 aromatic carbocycles. The molecule has 2 unspecified atom stereocenters. The predicted molar refractivity (Wildman–Crippen MR) is 118 cm³/mol. The molecule has 0 radical (unpaired) electrons. The van der Waals surface area contributed by atoms with Crippen LogP contribution in [-0.4, -0.2) is 72.2 Å². The number of hydrogen-bond acceptors (Lipinski definition) is 6. The van der Waals surface area contributed by atoms with Gasteiger partial charge in [0.25, 0.3) is 0 Å². The first-order valence-electron chi connectivity index (χ1n) is 10.9. The van der Waals surface area contributed by atoms with Crippen LogP contribution >= 0.6 is 0 Å². The van der Waals surface area contributed by atoms with Gasteiger partial charge in [-0.25, -0.2) is 0 Å². The molecule has 2 aliphatic heterocycles. The smallest absolute Gasteiger partial charge is 0.335 e. The molecule has 28 heavy (non-hydrogen) atoms. The highest BCUT2D eigenvalue weighted by atomic mass is 28.5. The zero-order valence-electron chi connectivity index (χ0n) is 19.2. The first-order chi connectivity index (χ1) is 12.9. The molecule has 0 bridgehead atoms. The summed E-state index contributed by atoms with van der Waals surface area (Å²) in [4.78, 5) is 0. The highest BCUT2D eigenvalue weighted by molar-refractivity contribution is 6.84. The standard InChI is InChI=1S/C19H41BO6Si2/c1-12(2)27(13(3)4)23-11-16-17(19(22,9-10-21)18(20)24-16)25-28(26-27,14(5)6)15(7)8/h12-18,21-22H,9-11,20H2,1-8H3/t16?,17-,18?,19-/m1/s1. The lowest BCUT2D eigenvalue weighted by molar-refractivity contribution is -0.0793. The summed E-state index contributed by atoms with van der Waals surface area (Å²) in [6.45, 7) is 17.6. The highest BCUT2D eigenvalue weighted by Crippen LogP contribution is 2.49. The SMILES string of the molecule is BC1OC2CO[Si](C(C)C)(C(C)C)O[Si](C(C)C)(C(C)C)O[C@H]2[C@]1(O)CCO. The summed E-state index contributed by atoms with van der Waals surface area (Å²) in [5, 5.41) is 21.0. The summed E-state index contributed by atoms with van der Waals surface area (Å²) in [5.74, 6) is 0. The lowest BCUT2D eigenvalue weighted by Crippen LogP contribution is -2.67. The van der Waals surface area contributed by atoms with Crippen molar-refractivity contribution < 1.29 is 27.9 Å². The lowest BCUT2D eigenvalue weighted by Gasteiger charge is -2.52. The van der Waals surface area contributed by atoms with Crippen LogP contribution in [-0.2, 0) is 17.7 Å². The molecular weight excluding hydrogens is 391 g/mol. The van der Waals surface area contributed by atoms with E-state index in [1.54, 1.807) is 0 Å². The van der Waals surface area contributed by atoms with Crippen LogP contribution in [0.3, 0.4) is 0 Å². The predicted octanol–water partition coefficient (Wildman–Crippen LogP) is 2.41. The van der Waals surface area contributed by atoms with Gasteiger partial charge in [-0.3, -0.25) is 0 Å². The molecule has 0 aliphatic carbocycles. The zero-order valence-corrected chi connectivity index (χ0v) is 21.2. The summed E-state index contributed by atoms with van der Waals surface area (Å²) < 4.78 is 26.8. The fourth-order valence-corrected chi connectivity index (χ4v) is 16.2. The molecule has 0 aromatic rings. The molecule has 2 fully saturated rings. The van der Waals surface area contributed by atoms with Crippen LogP contribution in [0.4, 0.5) is 0 Å². The minimum Gasteiger partial charge on any atom is -0.414 e. The van der Waals surface area contributed by atoms with E-state index in [2.05, 4.69) is 55.4 Å². The third kappa shape index (κ3) is 3.93. The van der Waals surface area contributed by atoms with Crippen LogP contribution in [0.2, 0.25) is 22.2 Å². The fraction of sp³-hybridized carbons (Fsp3) is 1.00. The topological polar surface area (TPSA) is 77.4 Å². The molecular formula is C19H41BO6Si2. The van der Waals surface area contributed by atoms with Crippen LogP contribution in [0.15, 0.2) is 0 Å². The average molecular weight is 433 g/mol. The van der Waals surface area contributed by atoms with Crippen molar-refractivity contribution >= 4 is 25.0 Å². The molecule has 2 saturated heterocycles. The molecule has 164 valence electrons. The van der Waals surface area contributed by atoms with E-state index in [1.165, 1.54) is 0 Å². The molecule has 6 nitrogen and oxygen atoms in total. The lowest BCUT2D eigenvalue weighted by atomic mass is 9.78. The molecule has 2 aliphatic rings. The fourth-order valence-electron chi connectivity index (χ4n) is 4.96. The zero-order chi connectivity index (χ0) is 21.5. The van der Waals surface area contributed by atoms with Crippen molar-refractivity contribution in [3.63, 3.8) is 0 Å². The van der Waals surface area contributed by atoms with Gasteiger partial charge in [-0.05, 0) is 22.2 Å². The van der Waals surface area contributed by atoms with E-state index in [9.17, 15) is 10.2 Å². The van der Waals surface area contributed by atoms with Gasteiger partial charge in [-0.2, -0.15) is 0 Å². The Bertz CT molecular complexity index is 517. The molecule has 9 heteroatoms. The highest BCUT2D eigenvalue weighted by Gasteiger charge is 2.64. The number of hydrogen-bond donors (Lipinski definition) is 2. The summed E-state index contributed by atoms with van der Waals surface area (Å²) in [6.07, 6.45) is -0.700. The third-order valence-electron chi connectivity index (χ3n) is 6.75. The maximum absolute atomic E-state index is 11.4. The summed E-state index contributed by atoms with van der Waals surface area (Å²) in [5.41, 5.74) is -0.327. The van der Waals surface area contributed by atoms with E-state index in [-0.39, 0.29) is 41.3 Å². The molecule has 2 N–H and O–H groups in total. The van der Waals surface area contributed by atoms with Crippen LogP contribution in [0.25, 0.3) is 0 Å². The van der Waals surface area contributed by atoms with Gasteiger partial charge in [0, 0.05) is 13.0 Å². The summed E-state index contributed by atoms with van der Waals surface area (Å²) in [7, 11) is -3.55. The van der Waals surface area contributed by atoms with Crippen molar-refractivity contribution in [1.82, 2.24) is 0 Å². The third-order valence-corrected chi connectivity index (χ3v) is 17.0. The Hall–Kier alpha value is 0.259. The number of fused-ring (bicyclic) bond motifs is 1. The van der Waals surface area contributed by atoms with Gasteiger partial charge in [0.1, 0.15) is 25.7 Å². The van der Waals surface area contributed by atoms with E-state index in [0.717, 1.165) is 0 Å². The van der Waals surface area contributed by atoms with Gasteiger partial charge in [-0.1, -0.05) is 55.4 Å². The Balaban J connectivity index is 2.59. The second kappa shape index (κ2) is 8.78. The number of aliphatic hydroxyl groups excluding tert-OH is 1. The van der Waals surface area contributed by atoms with Crippen LogP contribution < -0.4 is 0 Å². The molecule has 0 saturated carbocycles. The van der Waals surface area contributed by atoms with Crippen LogP contribution in [0.5, 0.6) is 0 Å². The summed E-state index contributed by atoms with van der Waals surface area (Å²) >= 11 is 0. The monoisotopic (exact) mass is 432 g/mol. The van der Waals surface area contributed by atoms with E-state index < -0.39 is 34.8 Å². The Morgan fingerprint density at radius 2 is 1.46 bits per heavy atom. The number of rotatable bonds is 6. The normalized spacial score (nSPS) is 35.4. The van der Waals surface area contributed by atoms with E-state index in [4.69, 9.17) is 17.7 Å². The van der Waals surface area contributed by atoms with Gasteiger partial charge in [-0.15, -0.1) is 0 Å². The molecule has 4 atom stereocenters. The second-order valence-electron chi connectivity index (χ2n) is 9.79. The van der Waals surface area contributed by atoms with Crippen LogP contribution in [0, 0.1) is 0 Å². The van der Waals surface area contributed by atoms with Crippen molar-refractivity contribution in [3.8, 4) is 0 Å². The van der Waals surface area contributed by atoms with Gasteiger partial charge in [0.2, 0.25) is 0 Å². The molecule has 2 rings (SSSR count). The van der Waals surface area contributed by atoms with Gasteiger partial charge >= 0.3 is 17.1 Å². The Labute approximate surface area is 174 Å². The second-order valence-corrected chi connectivity index (χ2v) is 18.6. The molecule has 0 aromatic heterocycles. The quantitative estimate of drug-likeness (QED) is 0.628. The Morgan fingerprint density at radius 3 is 1.89 bits per heavy atom. The number of aliphatic hydroxyl groups is 2. The van der Waals surface area contributed by atoms with Crippen molar-refractivity contribution in [2.75, 3.05) is 13.2 Å². The average Bonchev–Trinajstić information content (AvgIpc) is 2.78.